The largest absolute Gasteiger partial charge is 0.316 e. The van der Waals surface area contributed by atoms with Gasteiger partial charge in [0.1, 0.15) is 15.9 Å². The van der Waals surface area contributed by atoms with E-state index >= 15 is 0 Å². The fraction of sp³-hybridized carbons (Fsp3) is 0.368. The van der Waals surface area contributed by atoms with Crippen LogP contribution in [-0.2, 0) is 23.0 Å². The molecule has 0 fully saturated rings. The molecule has 0 unspecified atom stereocenters. The molecule has 2 heterocycles. The summed E-state index contributed by atoms with van der Waals surface area (Å²) in [7, 11) is -3.63. The van der Waals surface area contributed by atoms with Gasteiger partial charge in [-0.15, -0.1) is 0 Å². The lowest BCUT2D eigenvalue weighted by Crippen LogP contribution is -2.32. The van der Waals surface area contributed by atoms with Crippen LogP contribution < -0.4 is 4.72 Å². The third-order valence-electron chi connectivity index (χ3n) is 5.23. The summed E-state index contributed by atoms with van der Waals surface area (Å²) in [6.07, 6.45) is 2.44. The molecule has 1 aliphatic rings. The highest BCUT2D eigenvalue weighted by Gasteiger charge is 2.21. The van der Waals surface area contributed by atoms with E-state index in [9.17, 15) is 13.3 Å². The molecular weight excluding hydrogens is 426 g/mol. The van der Waals surface area contributed by atoms with Crippen molar-refractivity contribution in [1.29, 1.82) is 0 Å². The molecule has 0 atom stereocenters. The SMILES string of the molecule is O=[N+](O)c1ccc2c(c1)CN(CCCCNS(=O)(=O)c1cccc3nsnc13)CC2. The van der Waals surface area contributed by atoms with E-state index in [1.165, 1.54) is 5.56 Å². The first-order chi connectivity index (χ1) is 14.4. The Morgan fingerprint density at radius 1 is 1.17 bits per heavy atom. The van der Waals surface area contributed by atoms with Crippen molar-refractivity contribution in [1.82, 2.24) is 18.4 Å². The third kappa shape index (κ3) is 4.48. The van der Waals surface area contributed by atoms with Gasteiger partial charge in [0.2, 0.25) is 10.0 Å². The van der Waals surface area contributed by atoms with Crippen molar-refractivity contribution in [3.8, 4) is 0 Å². The van der Waals surface area contributed by atoms with E-state index in [0.717, 1.165) is 43.2 Å². The average molecular weight is 449 g/mol. The van der Waals surface area contributed by atoms with E-state index in [-0.39, 0.29) is 15.5 Å². The average Bonchev–Trinajstić information content (AvgIpc) is 3.21. The summed E-state index contributed by atoms with van der Waals surface area (Å²) in [4.78, 5) is 13.4. The van der Waals surface area contributed by atoms with Gasteiger partial charge in [-0.25, -0.2) is 18.3 Å². The number of hydrogen-bond donors (Lipinski definition) is 2. The van der Waals surface area contributed by atoms with Crippen molar-refractivity contribution < 1.29 is 18.5 Å². The maximum atomic E-state index is 12.6. The molecule has 0 aliphatic carbocycles. The number of hydrogen-bond acceptors (Lipinski definition) is 7. The van der Waals surface area contributed by atoms with Gasteiger partial charge in [0.25, 0.3) is 4.92 Å². The first-order valence-corrected chi connectivity index (χ1v) is 11.9. The summed E-state index contributed by atoms with van der Waals surface area (Å²) >= 11 is 0.997. The summed E-state index contributed by atoms with van der Waals surface area (Å²) in [6.45, 7) is 2.80. The summed E-state index contributed by atoms with van der Waals surface area (Å²) < 4.78 is 36.0. The van der Waals surface area contributed by atoms with Crippen molar-refractivity contribution in [2.75, 3.05) is 19.6 Å². The molecule has 1 aliphatic heterocycles. The van der Waals surface area contributed by atoms with Gasteiger partial charge in [-0.2, -0.15) is 8.75 Å². The van der Waals surface area contributed by atoms with Crippen molar-refractivity contribution in [3.05, 3.63) is 52.4 Å². The predicted molar refractivity (Wildman–Crippen MR) is 112 cm³/mol. The zero-order valence-electron chi connectivity index (χ0n) is 16.2. The molecule has 0 radical (unpaired) electrons. The second-order valence-electron chi connectivity index (χ2n) is 7.25. The van der Waals surface area contributed by atoms with Gasteiger partial charge in [-0.1, -0.05) is 12.1 Å². The molecule has 4 rings (SSSR count). The van der Waals surface area contributed by atoms with Gasteiger partial charge >= 0.3 is 5.69 Å². The van der Waals surface area contributed by atoms with Gasteiger partial charge in [-0.05, 0) is 49.1 Å². The van der Waals surface area contributed by atoms with E-state index in [4.69, 9.17) is 5.21 Å². The van der Waals surface area contributed by atoms with Gasteiger partial charge in [-0.3, -0.25) is 4.90 Å². The maximum Gasteiger partial charge on any atom is 0.316 e. The molecule has 30 heavy (non-hydrogen) atoms. The maximum absolute atomic E-state index is 12.6. The summed E-state index contributed by atoms with van der Waals surface area (Å²) in [5.74, 6) is 0. The van der Waals surface area contributed by atoms with Crippen molar-refractivity contribution in [2.24, 2.45) is 0 Å². The third-order valence-corrected chi connectivity index (χ3v) is 7.27. The Labute approximate surface area is 178 Å². The van der Waals surface area contributed by atoms with Crippen LogP contribution in [0.3, 0.4) is 0 Å². The van der Waals surface area contributed by atoms with E-state index in [2.05, 4.69) is 18.4 Å². The summed E-state index contributed by atoms with van der Waals surface area (Å²) in [5.41, 5.74) is 3.45. The Hall–Kier alpha value is -2.47. The van der Waals surface area contributed by atoms with E-state index in [1.807, 2.05) is 6.07 Å². The van der Waals surface area contributed by atoms with Gasteiger partial charge in [0.15, 0.2) is 0 Å². The molecular formula is C19H22N5O4S2+. The summed E-state index contributed by atoms with van der Waals surface area (Å²) in [6, 6.07) is 10.2. The van der Waals surface area contributed by atoms with Crippen molar-refractivity contribution >= 4 is 38.5 Å². The zero-order chi connectivity index (χ0) is 21.1. The molecule has 1 aromatic heterocycles. The molecule has 2 aromatic carbocycles. The fourth-order valence-electron chi connectivity index (χ4n) is 3.65. The van der Waals surface area contributed by atoms with Crippen LogP contribution in [0.4, 0.5) is 5.69 Å². The Morgan fingerprint density at radius 2 is 2.03 bits per heavy atom. The minimum Gasteiger partial charge on any atom is -0.299 e. The first-order valence-electron chi connectivity index (χ1n) is 9.65. The van der Waals surface area contributed by atoms with Crippen LogP contribution in [0.5, 0.6) is 0 Å². The van der Waals surface area contributed by atoms with Crippen LogP contribution in [0.25, 0.3) is 11.0 Å². The molecule has 0 amide bonds. The molecule has 158 valence electrons. The molecule has 11 heteroatoms. The number of unbranched alkanes of at least 4 members (excludes halogenated alkanes) is 1. The minimum atomic E-state index is -3.63. The second kappa shape index (κ2) is 8.72. The van der Waals surface area contributed by atoms with E-state index in [1.54, 1.807) is 30.3 Å². The van der Waals surface area contributed by atoms with Gasteiger partial charge < -0.3 is 0 Å². The second-order valence-corrected chi connectivity index (χ2v) is 9.51. The highest BCUT2D eigenvalue weighted by molar-refractivity contribution is 7.89. The van der Waals surface area contributed by atoms with Crippen molar-refractivity contribution in [3.63, 3.8) is 0 Å². The monoisotopic (exact) mass is 448 g/mol. The Kier molecular flexibility index (Phi) is 6.04. The number of fused-ring (bicyclic) bond motifs is 2. The fourth-order valence-corrected chi connectivity index (χ4v) is 5.49. The van der Waals surface area contributed by atoms with E-state index < -0.39 is 10.0 Å². The molecule has 0 bridgehead atoms. The number of sulfonamides is 1. The van der Waals surface area contributed by atoms with Crippen molar-refractivity contribution in [2.45, 2.75) is 30.7 Å². The van der Waals surface area contributed by atoms with Crippen LogP contribution in [0.15, 0.2) is 41.3 Å². The van der Waals surface area contributed by atoms with Crippen LogP contribution in [0.1, 0.15) is 24.0 Å². The minimum absolute atomic E-state index is 0.118. The van der Waals surface area contributed by atoms with Gasteiger partial charge in [0.05, 0.1) is 16.6 Å². The zero-order valence-corrected chi connectivity index (χ0v) is 17.8. The van der Waals surface area contributed by atoms with Crippen LogP contribution in [0, 0.1) is 4.91 Å². The predicted octanol–water partition coefficient (Wildman–Crippen LogP) is 2.61. The Balaban J connectivity index is 1.27. The molecule has 9 nitrogen and oxygen atoms in total. The van der Waals surface area contributed by atoms with Crippen LogP contribution in [-0.4, -0.2) is 51.8 Å². The normalized spacial score (nSPS) is 14.7. The quantitative estimate of drug-likeness (QED) is 0.402. The molecule has 0 saturated heterocycles. The smallest absolute Gasteiger partial charge is 0.299 e. The number of aromatic nitrogens is 2. The number of nitrogens with one attached hydrogen (secondary N) is 1. The van der Waals surface area contributed by atoms with Crippen LogP contribution >= 0.6 is 11.7 Å². The molecule has 0 saturated carbocycles. The number of nitrogens with zero attached hydrogens (tertiary/aromatic N) is 4. The van der Waals surface area contributed by atoms with Gasteiger partial charge in [0, 0.05) is 31.8 Å². The molecule has 3 aromatic rings. The highest BCUT2D eigenvalue weighted by atomic mass is 32.2. The number of benzene rings is 2. The summed E-state index contributed by atoms with van der Waals surface area (Å²) in [5, 5.41) is 9.09. The molecule has 0 spiro atoms. The standard InChI is InChI=1S/C19H22N5O4S2/c25-24(26)16-7-6-14-8-11-23(13-15(14)12-16)10-2-1-9-20-30(27,28)18-5-3-4-17-19(18)22-29-21-17/h3-7,12,20H,1-2,8-11,13H2,(H,25,26)/q+1. The lowest BCUT2D eigenvalue weighted by Gasteiger charge is -2.28. The first kappa shape index (κ1) is 20.8. The van der Waals surface area contributed by atoms with Crippen LogP contribution in [0.2, 0.25) is 0 Å². The number of rotatable bonds is 8. The van der Waals surface area contributed by atoms with E-state index in [0.29, 0.717) is 30.5 Å². The lowest BCUT2D eigenvalue weighted by molar-refractivity contribution is -0.729. The Morgan fingerprint density at radius 3 is 2.87 bits per heavy atom. The Bertz CT molecular complexity index is 1180. The highest BCUT2D eigenvalue weighted by Crippen LogP contribution is 2.24. The lowest BCUT2D eigenvalue weighted by atomic mass is 9.99. The topological polar surface area (TPSA) is 116 Å². The molecule has 2 N–H and O–H groups in total.